The van der Waals surface area contributed by atoms with E-state index in [0.717, 1.165) is 30.2 Å². The quantitative estimate of drug-likeness (QED) is 0.283. The van der Waals surface area contributed by atoms with Crippen molar-refractivity contribution < 1.29 is 41.1 Å². The van der Waals surface area contributed by atoms with Crippen LogP contribution in [0.25, 0.3) is 21.2 Å². The molecule has 1 fully saturated rings. The Bertz CT molecular complexity index is 1690. The van der Waals surface area contributed by atoms with Crippen LogP contribution in [0.5, 0.6) is 0 Å². The smallest absolute Gasteiger partial charge is 0.381 e. The Morgan fingerprint density at radius 3 is 2.25 bits per heavy atom. The lowest BCUT2D eigenvalue weighted by molar-refractivity contribution is -0.147. The van der Waals surface area contributed by atoms with Crippen molar-refractivity contribution in [2.45, 2.75) is 63.3 Å². The molecule has 2 heterocycles. The van der Waals surface area contributed by atoms with Crippen LogP contribution in [-0.2, 0) is 14.8 Å². The van der Waals surface area contributed by atoms with Gasteiger partial charge < -0.3 is 10.0 Å². The fourth-order valence-corrected chi connectivity index (χ4v) is 6.93. The van der Waals surface area contributed by atoms with Crippen LogP contribution in [0, 0.1) is 5.92 Å². The first-order valence-corrected chi connectivity index (χ1v) is 15.9. The fraction of sp³-hybridized carbons (Fsp3) is 0.429. The molecule has 3 aromatic rings. The zero-order valence-corrected chi connectivity index (χ0v) is 25.9. The SMILES string of the molecule is CC1CCN(C(=O)c2nc(C(=O)NNC(=O)C(C)(C)O)sc2-c2ccc(S(=O)(=O)N[C@@H](C)C(F)(F)F)c3ccccc23)CC1. The Labute approximate surface area is 255 Å². The van der Waals surface area contributed by atoms with Crippen LogP contribution in [0.2, 0.25) is 0 Å². The maximum atomic E-state index is 13.7. The molecule has 1 aromatic heterocycles. The van der Waals surface area contributed by atoms with Crippen LogP contribution < -0.4 is 15.6 Å². The molecule has 16 heteroatoms. The van der Waals surface area contributed by atoms with Gasteiger partial charge in [-0.3, -0.25) is 25.2 Å². The number of aromatic nitrogens is 1. The van der Waals surface area contributed by atoms with Gasteiger partial charge in [0.15, 0.2) is 5.01 Å². The standard InChI is InChI=1S/C28H32F3N5O6S2/c1-15-11-13-36(14-12-15)25(38)21-22(43-24(32-21)23(37)33-34-26(39)27(3,4)40)19-9-10-20(18-8-6-5-7-17(18)19)44(41,42)35-16(2)28(29,30)31/h5-10,15-16,35,40H,11-14H2,1-4H3,(H,33,37)(H,34,39)/t16-/m0/s1. The summed E-state index contributed by atoms with van der Waals surface area (Å²) in [7, 11) is -4.64. The van der Waals surface area contributed by atoms with E-state index < -0.39 is 50.5 Å². The molecule has 4 rings (SSSR count). The molecule has 0 radical (unpaired) electrons. The first-order chi connectivity index (χ1) is 20.4. The van der Waals surface area contributed by atoms with Crippen molar-refractivity contribution in [3.8, 4) is 10.4 Å². The number of likely N-dealkylation sites (tertiary alicyclic amines) is 1. The van der Waals surface area contributed by atoms with Gasteiger partial charge in [-0.25, -0.2) is 13.4 Å². The van der Waals surface area contributed by atoms with Crippen LogP contribution >= 0.6 is 11.3 Å². The molecule has 0 spiro atoms. The van der Waals surface area contributed by atoms with Crippen molar-refractivity contribution in [1.29, 1.82) is 0 Å². The van der Waals surface area contributed by atoms with Gasteiger partial charge in [0.05, 0.1) is 9.77 Å². The summed E-state index contributed by atoms with van der Waals surface area (Å²) in [5.74, 6) is -1.79. The molecule has 0 aliphatic carbocycles. The van der Waals surface area contributed by atoms with Gasteiger partial charge in [-0.15, -0.1) is 11.3 Å². The summed E-state index contributed by atoms with van der Waals surface area (Å²) < 4.78 is 67.3. The number of fused-ring (bicyclic) bond motifs is 1. The fourth-order valence-electron chi connectivity index (χ4n) is 4.49. The number of hydrazine groups is 1. The van der Waals surface area contributed by atoms with E-state index in [1.165, 1.54) is 32.0 Å². The lowest BCUT2D eigenvalue weighted by Crippen LogP contribution is -2.50. The van der Waals surface area contributed by atoms with Gasteiger partial charge in [-0.2, -0.15) is 17.9 Å². The van der Waals surface area contributed by atoms with E-state index in [4.69, 9.17) is 0 Å². The van der Waals surface area contributed by atoms with Crippen molar-refractivity contribution in [3.05, 3.63) is 47.1 Å². The third-order valence-corrected chi connectivity index (χ3v) is 9.87. The largest absolute Gasteiger partial charge is 0.404 e. The minimum absolute atomic E-state index is 0.0758. The number of nitrogens with zero attached hydrogens (tertiary/aromatic N) is 2. The van der Waals surface area contributed by atoms with Crippen molar-refractivity contribution in [2.75, 3.05) is 13.1 Å². The van der Waals surface area contributed by atoms with Crippen LogP contribution in [-0.4, -0.2) is 72.0 Å². The highest BCUT2D eigenvalue weighted by molar-refractivity contribution is 7.89. The predicted octanol–water partition coefficient (Wildman–Crippen LogP) is 3.60. The average Bonchev–Trinajstić information content (AvgIpc) is 3.39. The summed E-state index contributed by atoms with van der Waals surface area (Å²) in [6.45, 7) is 6.14. The van der Waals surface area contributed by atoms with E-state index >= 15 is 0 Å². The van der Waals surface area contributed by atoms with Crippen molar-refractivity contribution in [1.82, 2.24) is 25.5 Å². The molecular weight excluding hydrogens is 623 g/mol. The van der Waals surface area contributed by atoms with Gasteiger partial charge in [-0.05, 0) is 51.0 Å². The number of amides is 3. The lowest BCUT2D eigenvalue weighted by atomic mass is 9.98. The number of hydrogen-bond donors (Lipinski definition) is 4. The van der Waals surface area contributed by atoms with Crippen LogP contribution in [0.1, 0.15) is 60.8 Å². The van der Waals surface area contributed by atoms with Gasteiger partial charge in [0.25, 0.3) is 17.7 Å². The summed E-state index contributed by atoms with van der Waals surface area (Å²) in [5, 5.41) is 10.0. The van der Waals surface area contributed by atoms with E-state index in [9.17, 15) is 41.1 Å². The molecule has 1 atom stereocenters. The Kier molecular flexibility index (Phi) is 9.40. The molecule has 1 saturated heterocycles. The molecule has 1 aliphatic rings. The summed E-state index contributed by atoms with van der Waals surface area (Å²) in [6, 6.07) is 6.26. The third-order valence-electron chi connectivity index (χ3n) is 7.18. The van der Waals surface area contributed by atoms with E-state index in [1.54, 1.807) is 21.8 Å². The number of piperidine rings is 1. The molecule has 44 heavy (non-hydrogen) atoms. The van der Waals surface area contributed by atoms with E-state index in [2.05, 4.69) is 22.8 Å². The van der Waals surface area contributed by atoms with Crippen LogP contribution in [0.4, 0.5) is 13.2 Å². The number of alkyl halides is 3. The lowest BCUT2D eigenvalue weighted by Gasteiger charge is -2.30. The van der Waals surface area contributed by atoms with Crippen LogP contribution in [0.15, 0.2) is 41.3 Å². The molecule has 0 saturated carbocycles. The number of rotatable bonds is 7. The highest BCUT2D eigenvalue weighted by Crippen LogP contribution is 2.39. The van der Waals surface area contributed by atoms with Crippen molar-refractivity contribution in [2.24, 2.45) is 5.92 Å². The van der Waals surface area contributed by atoms with Crippen LogP contribution in [0.3, 0.4) is 0 Å². The monoisotopic (exact) mass is 655 g/mol. The second kappa shape index (κ2) is 12.4. The molecule has 3 amide bonds. The Hall–Kier alpha value is -3.60. The molecule has 4 N–H and O–H groups in total. The Morgan fingerprint density at radius 1 is 1.05 bits per heavy atom. The van der Waals surface area contributed by atoms with E-state index in [0.29, 0.717) is 36.9 Å². The summed E-state index contributed by atoms with van der Waals surface area (Å²) in [4.78, 5) is 44.5. The Morgan fingerprint density at radius 2 is 1.66 bits per heavy atom. The second-order valence-electron chi connectivity index (χ2n) is 11.2. The molecule has 238 valence electrons. The number of carbonyl (C=O) groups is 3. The zero-order valence-electron chi connectivity index (χ0n) is 24.3. The van der Waals surface area contributed by atoms with Gasteiger partial charge in [0.1, 0.15) is 17.3 Å². The molecule has 0 bridgehead atoms. The maximum absolute atomic E-state index is 13.7. The molecule has 1 aliphatic heterocycles. The first-order valence-electron chi connectivity index (χ1n) is 13.6. The van der Waals surface area contributed by atoms with Gasteiger partial charge in [0.2, 0.25) is 10.0 Å². The normalized spacial score (nSPS) is 15.7. The number of hydrogen-bond acceptors (Lipinski definition) is 8. The highest BCUT2D eigenvalue weighted by Gasteiger charge is 2.39. The van der Waals surface area contributed by atoms with Crippen molar-refractivity contribution in [3.63, 3.8) is 0 Å². The average molecular weight is 656 g/mol. The number of aliphatic hydroxyl groups is 1. The van der Waals surface area contributed by atoms with E-state index in [-0.39, 0.29) is 21.0 Å². The Balaban J connectivity index is 1.81. The zero-order chi connectivity index (χ0) is 32.6. The van der Waals surface area contributed by atoms with E-state index in [1.807, 2.05) is 0 Å². The number of carbonyl (C=O) groups excluding carboxylic acids is 3. The number of halogens is 3. The molecule has 2 aromatic carbocycles. The molecule has 11 nitrogen and oxygen atoms in total. The summed E-state index contributed by atoms with van der Waals surface area (Å²) in [5.41, 5.74) is 2.72. The summed E-state index contributed by atoms with van der Waals surface area (Å²) in [6.07, 6.45) is -3.28. The number of sulfonamides is 1. The maximum Gasteiger partial charge on any atom is 0.404 e. The molecule has 0 unspecified atom stereocenters. The number of nitrogens with one attached hydrogen (secondary N) is 3. The topological polar surface area (TPSA) is 158 Å². The third kappa shape index (κ3) is 7.20. The molecular formula is C28H32F3N5O6S2. The number of benzene rings is 2. The highest BCUT2D eigenvalue weighted by atomic mass is 32.2. The van der Waals surface area contributed by atoms with Gasteiger partial charge in [-0.1, -0.05) is 37.3 Å². The number of thiazole rings is 1. The predicted molar refractivity (Wildman–Crippen MR) is 157 cm³/mol. The van der Waals surface area contributed by atoms with Gasteiger partial charge >= 0.3 is 6.18 Å². The minimum Gasteiger partial charge on any atom is -0.381 e. The second-order valence-corrected chi connectivity index (χ2v) is 13.9. The van der Waals surface area contributed by atoms with Gasteiger partial charge in [0, 0.05) is 24.0 Å². The minimum atomic E-state index is -4.81. The van der Waals surface area contributed by atoms with Crippen molar-refractivity contribution >= 4 is 49.9 Å². The first kappa shape index (κ1) is 33.3. The summed E-state index contributed by atoms with van der Waals surface area (Å²) >= 11 is 0.817.